The third kappa shape index (κ3) is 2.77. The molecule has 1 saturated heterocycles. The van der Waals surface area contributed by atoms with Crippen molar-refractivity contribution in [2.45, 2.75) is 30.4 Å². The van der Waals surface area contributed by atoms with Gasteiger partial charge in [-0.1, -0.05) is 6.92 Å². The molecule has 0 bridgehead atoms. The number of nitrogens with zero attached hydrogens (tertiary/aromatic N) is 1. The molecular weight excluding hydrogens is 270 g/mol. The van der Waals surface area contributed by atoms with Crippen molar-refractivity contribution in [3.05, 3.63) is 17.0 Å². The molecule has 18 heavy (non-hydrogen) atoms. The van der Waals surface area contributed by atoms with Crippen LogP contribution in [0.4, 0.5) is 0 Å². The fraction of sp³-hybridized carbons (Fsp3) is 0.667. The highest BCUT2D eigenvalue weighted by Crippen LogP contribution is 2.30. The third-order valence-corrected chi connectivity index (χ3v) is 6.93. The molecule has 0 spiro atoms. The van der Waals surface area contributed by atoms with Gasteiger partial charge in [-0.25, -0.2) is 8.42 Å². The predicted octanol–water partition coefficient (Wildman–Crippen LogP) is 1.70. The van der Waals surface area contributed by atoms with E-state index in [1.54, 1.807) is 10.4 Å². The molecule has 2 heterocycles. The molecule has 1 N–H and O–H groups in total. The molecule has 1 unspecified atom stereocenters. The Morgan fingerprint density at radius 3 is 2.89 bits per heavy atom. The maximum absolute atomic E-state index is 12.4. The monoisotopic (exact) mass is 289 g/mol. The minimum atomic E-state index is -3.31. The third-order valence-electron chi connectivity index (χ3n) is 3.37. The molecule has 2 rings (SSSR count). The summed E-state index contributed by atoms with van der Waals surface area (Å²) >= 11 is 1.36. The molecule has 1 aromatic rings. The van der Waals surface area contributed by atoms with Gasteiger partial charge in [-0.3, -0.25) is 0 Å². The van der Waals surface area contributed by atoms with Gasteiger partial charge in [-0.15, -0.1) is 11.3 Å². The van der Waals surface area contributed by atoms with Gasteiger partial charge in [0.15, 0.2) is 0 Å². The van der Waals surface area contributed by atoms with Crippen LogP contribution >= 0.6 is 11.3 Å². The summed E-state index contributed by atoms with van der Waals surface area (Å²) in [6.07, 6.45) is 2.41. The fourth-order valence-corrected chi connectivity index (χ4v) is 5.23. The number of hydrogen-bond donors (Lipinski definition) is 1. The van der Waals surface area contributed by atoms with E-state index >= 15 is 0 Å². The van der Waals surface area contributed by atoms with Gasteiger partial charge >= 0.3 is 0 Å². The zero-order valence-corrected chi connectivity index (χ0v) is 12.1. The molecule has 1 aromatic heterocycles. The molecule has 6 heteroatoms. The second kappa shape index (κ2) is 5.69. The Morgan fingerprint density at radius 1 is 1.50 bits per heavy atom. The standard InChI is InChI=1S/C12H19NO3S2/c1-2-11-3-4-12(17-11)18(15,16)13-7-5-10(9-13)6-8-14/h3-4,10,14H,2,5-9H2,1H3. The molecule has 1 aliphatic rings. The van der Waals surface area contributed by atoms with Crippen LogP contribution < -0.4 is 0 Å². The lowest BCUT2D eigenvalue weighted by Crippen LogP contribution is -2.28. The first kappa shape index (κ1) is 14.0. The Hall–Kier alpha value is -0.430. The molecule has 0 aromatic carbocycles. The van der Waals surface area contributed by atoms with Crippen molar-refractivity contribution in [2.24, 2.45) is 5.92 Å². The van der Waals surface area contributed by atoms with E-state index in [4.69, 9.17) is 5.11 Å². The number of aliphatic hydroxyl groups is 1. The Morgan fingerprint density at radius 2 is 2.28 bits per heavy atom. The molecule has 102 valence electrons. The van der Waals surface area contributed by atoms with Crippen LogP contribution in [0.15, 0.2) is 16.3 Å². The molecule has 0 aliphatic carbocycles. The quantitative estimate of drug-likeness (QED) is 0.897. The van der Waals surface area contributed by atoms with Crippen molar-refractivity contribution in [3.8, 4) is 0 Å². The normalized spacial score (nSPS) is 21.6. The van der Waals surface area contributed by atoms with Crippen LogP contribution in [-0.4, -0.2) is 37.5 Å². The van der Waals surface area contributed by atoms with E-state index in [0.717, 1.165) is 17.7 Å². The summed E-state index contributed by atoms with van der Waals surface area (Å²) in [6.45, 7) is 3.28. The average Bonchev–Trinajstić information content (AvgIpc) is 2.98. The van der Waals surface area contributed by atoms with Crippen LogP contribution in [0.1, 0.15) is 24.6 Å². The number of sulfonamides is 1. The minimum Gasteiger partial charge on any atom is -0.396 e. The summed E-state index contributed by atoms with van der Waals surface area (Å²) in [4.78, 5) is 1.10. The topological polar surface area (TPSA) is 57.6 Å². The second-order valence-electron chi connectivity index (χ2n) is 4.60. The predicted molar refractivity (Wildman–Crippen MR) is 72.3 cm³/mol. The number of rotatable bonds is 5. The molecular formula is C12H19NO3S2. The van der Waals surface area contributed by atoms with Crippen LogP contribution in [0.5, 0.6) is 0 Å². The molecule has 4 nitrogen and oxygen atoms in total. The van der Waals surface area contributed by atoms with Gasteiger partial charge in [0.05, 0.1) is 0 Å². The van der Waals surface area contributed by atoms with E-state index in [1.807, 2.05) is 13.0 Å². The zero-order chi connectivity index (χ0) is 13.2. The van der Waals surface area contributed by atoms with E-state index in [2.05, 4.69) is 0 Å². The Balaban J connectivity index is 2.12. The van der Waals surface area contributed by atoms with E-state index in [9.17, 15) is 8.42 Å². The summed E-state index contributed by atoms with van der Waals surface area (Å²) in [5, 5.41) is 8.90. The van der Waals surface area contributed by atoms with Gasteiger partial charge in [-0.05, 0) is 37.3 Å². The van der Waals surface area contributed by atoms with Crippen LogP contribution in [0.25, 0.3) is 0 Å². The van der Waals surface area contributed by atoms with E-state index in [-0.39, 0.29) is 6.61 Å². The molecule has 1 atom stereocenters. The van der Waals surface area contributed by atoms with E-state index < -0.39 is 10.0 Å². The van der Waals surface area contributed by atoms with Gasteiger partial charge in [0.25, 0.3) is 10.0 Å². The zero-order valence-electron chi connectivity index (χ0n) is 10.5. The minimum absolute atomic E-state index is 0.136. The van der Waals surface area contributed by atoms with Gasteiger partial charge < -0.3 is 5.11 Å². The lowest BCUT2D eigenvalue weighted by molar-refractivity contribution is 0.260. The molecule has 0 radical (unpaired) electrons. The molecule has 0 saturated carbocycles. The molecule has 1 fully saturated rings. The number of thiophene rings is 1. The maximum atomic E-state index is 12.4. The summed E-state index contributed by atoms with van der Waals surface area (Å²) in [5.74, 6) is 0.301. The summed E-state index contributed by atoms with van der Waals surface area (Å²) in [7, 11) is -3.31. The SMILES string of the molecule is CCc1ccc(S(=O)(=O)N2CCC(CCO)C2)s1. The van der Waals surface area contributed by atoms with E-state index in [1.165, 1.54) is 11.3 Å². The Labute approximate surface area is 112 Å². The van der Waals surface area contributed by atoms with Crippen molar-refractivity contribution in [3.63, 3.8) is 0 Å². The van der Waals surface area contributed by atoms with Gasteiger partial charge in [0.1, 0.15) is 4.21 Å². The lowest BCUT2D eigenvalue weighted by Gasteiger charge is -2.15. The van der Waals surface area contributed by atoms with Crippen LogP contribution in [0.2, 0.25) is 0 Å². The first-order valence-electron chi connectivity index (χ1n) is 6.27. The largest absolute Gasteiger partial charge is 0.396 e. The number of aliphatic hydroxyl groups excluding tert-OH is 1. The highest BCUT2D eigenvalue weighted by atomic mass is 32.2. The number of aryl methyl sites for hydroxylation is 1. The van der Waals surface area contributed by atoms with Gasteiger partial charge in [0.2, 0.25) is 0 Å². The smallest absolute Gasteiger partial charge is 0.252 e. The van der Waals surface area contributed by atoms with E-state index in [0.29, 0.717) is 29.6 Å². The molecule has 1 aliphatic heterocycles. The summed E-state index contributed by atoms with van der Waals surface area (Å²) in [6, 6.07) is 3.59. The van der Waals surface area contributed by atoms with Crippen molar-refractivity contribution >= 4 is 21.4 Å². The van der Waals surface area contributed by atoms with Crippen LogP contribution in [0.3, 0.4) is 0 Å². The molecule has 0 amide bonds. The second-order valence-corrected chi connectivity index (χ2v) is 7.94. The highest BCUT2D eigenvalue weighted by molar-refractivity contribution is 7.91. The van der Waals surface area contributed by atoms with Gasteiger partial charge in [0, 0.05) is 24.6 Å². The van der Waals surface area contributed by atoms with Crippen LogP contribution in [0, 0.1) is 5.92 Å². The number of hydrogen-bond acceptors (Lipinski definition) is 4. The maximum Gasteiger partial charge on any atom is 0.252 e. The first-order valence-corrected chi connectivity index (χ1v) is 8.53. The van der Waals surface area contributed by atoms with Crippen molar-refractivity contribution in [2.75, 3.05) is 19.7 Å². The average molecular weight is 289 g/mol. The van der Waals surface area contributed by atoms with Crippen molar-refractivity contribution in [1.82, 2.24) is 4.31 Å². The summed E-state index contributed by atoms with van der Waals surface area (Å²) in [5.41, 5.74) is 0. The van der Waals surface area contributed by atoms with Crippen LogP contribution in [-0.2, 0) is 16.4 Å². The Bertz CT molecular complexity index is 495. The van der Waals surface area contributed by atoms with Crippen molar-refractivity contribution in [1.29, 1.82) is 0 Å². The highest BCUT2D eigenvalue weighted by Gasteiger charge is 2.32. The Kier molecular flexibility index (Phi) is 4.42. The summed E-state index contributed by atoms with van der Waals surface area (Å²) < 4.78 is 26.8. The van der Waals surface area contributed by atoms with Gasteiger partial charge in [-0.2, -0.15) is 4.31 Å². The first-order chi connectivity index (χ1) is 8.57. The lowest BCUT2D eigenvalue weighted by atomic mass is 10.1. The fourth-order valence-electron chi connectivity index (χ4n) is 2.25. The van der Waals surface area contributed by atoms with Crippen molar-refractivity contribution < 1.29 is 13.5 Å².